The molecule has 0 unspecified atom stereocenters. The number of aliphatic hydroxyl groups is 1. The number of likely N-dealkylation sites (tertiary alicyclic amines) is 1. The zero-order chi connectivity index (χ0) is 8.60. The minimum absolute atomic E-state index is 0.587. The predicted octanol–water partition coefficient (Wildman–Crippen LogP) is 0.820. The lowest BCUT2D eigenvalue weighted by Crippen LogP contribution is -2.57. The molecule has 2 nitrogen and oxygen atoms in total. The first kappa shape index (κ1) is 7.77. The molecule has 0 amide bonds. The molecule has 1 saturated heterocycles. The number of rotatable bonds is 1. The highest BCUT2D eigenvalue weighted by atomic mass is 16.3. The first-order chi connectivity index (χ1) is 5.71. The molecule has 1 aliphatic rings. The van der Waals surface area contributed by atoms with Gasteiger partial charge in [0.15, 0.2) is 0 Å². The van der Waals surface area contributed by atoms with E-state index in [4.69, 9.17) is 0 Å². The Morgan fingerprint density at radius 2 is 1.83 bits per heavy atom. The highest BCUT2D eigenvalue weighted by molar-refractivity contribution is 5.25. The SMILES string of the molecule is CN1CC(O)(c2ccccc2)C1. The summed E-state index contributed by atoms with van der Waals surface area (Å²) in [5.41, 5.74) is 0.443. The first-order valence-corrected chi connectivity index (χ1v) is 4.17. The van der Waals surface area contributed by atoms with Crippen molar-refractivity contribution in [3.05, 3.63) is 35.9 Å². The summed E-state index contributed by atoms with van der Waals surface area (Å²) < 4.78 is 0. The molecule has 1 N–H and O–H groups in total. The van der Waals surface area contributed by atoms with Gasteiger partial charge in [0.1, 0.15) is 5.60 Å². The van der Waals surface area contributed by atoms with E-state index < -0.39 is 5.60 Å². The molecular formula is C10H13NO. The molecule has 1 heterocycles. The van der Waals surface area contributed by atoms with Crippen LogP contribution in [0.3, 0.4) is 0 Å². The summed E-state index contributed by atoms with van der Waals surface area (Å²) in [6.45, 7) is 1.49. The summed E-state index contributed by atoms with van der Waals surface area (Å²) >= 11 is 0. The van der Waals surface area contributed by atoms with Gasteiger partial charge in [0.2, 0.25) is 0 Å². The van der Waals surface area contributed by atoms with Gasteiger partial charge in [0.25, 0.3) is 0 Å². The molecule has 0 spiro atoms. The molecule has 1 aromatic carbocycles. The number of benzene rings is 1. The number of likely N-dealkylation sites (N-methyl/N-ethyl adjacent to an activating group) is 1. The Bertz CT molecular complexity index is 264. The zero-order valence-corrected chi connectivity index (χ0v) is 7.20. The molecule has 1 aromatic rings. The van der Waals surface area contributed by atoms with Crippen molar-refractivity contribution in [3.8, 4) is 0 Å². The van der Waals surface area contributed by atoms with E-state index in [0.717, 1.165) is 18.7 Å². The Morgan fingerprint density at radius 3 is 2.33 bits per heavy atom. The van der Waals surface area contributed by atoms with Crippen molar-refractivity contribution in [2.45, 2.75) is 5.60 Å². The Balaban J connectivity index is 2.21. The largest absolute Gasteiger partial charge is 0.382 e. The van der Waals surface area contributed by atoms with Gasteiger partial charge in [-0.25, -0.2) is 0 Å². The third-order valence-electron chi connectivity index (χ3n) is 2.37. The lowest BCUT2D eigenvalue weighted by molar-refractivity contribution is -0.0918. The van der Waals surface area contributed by atoms with Crippen LogP contribution in [0, 0.1) is 0 Å². The monoisotopic (exact) mass is 163 g/mol. The van der Waals surface area contributed by atoms with Crippen LogP contribution in [0.15, 0.2) is 30.3 Å². The van der Waals surface area contributed by atoms with Gasteiger partial charge < -0.3 is 5.11 Å². The van der Waals surface area contributed by atoms with Crippen LogP contribution >= 0.6 is 0 Å². The summed E-state index contributed by atoms with van der Waals surface area (Å²) in [5, 5.41) is 10.0. The highest BCUT2D eigenvalue weighted by Gasteiger charge is 2.40. The van der Waals surface area contributed by atoms with E-state index in [9.17, 15) is 5.11 Å². The molecule has 0 atom stereocenters. The van der Waals surface area contributed by atoms with Gasteiger partial charge in [-0.3, -0.25) is 4.90 Å². The second kappa shape index (κ2) is 2.57. The number of hydrogen-bond donors (Lipinski definition) is 1. The normalized spacial score (nSPS) is 21.8. The van der Waals surface area contributed by atoms with Crippen molar-refractivity contribution in [1.82, 2.24) is 4.90 Å². The van der Waals surface area contributed by atoms with E-state index in [-0.39, 0.29) is 0 Å². The molecule has 64 valence electrons. The van der Waals surface area contributed by atoms with Gasteiger partial charge in [-0.1, -0.05) is 30.3 Å². The van der Waals surface area contributed by atoms with Crippen LogP contribution < -0.4 is 0 Å². The molecule has 2 heteroatoms. The molecule has 12 heavy (non-hydrogen) atoms. The molecule has 2 rings (SSSR count). The third-order valence-corrected chi connectivity index (χ3v) is 2.37. The molecular weight excluding hydrogens is 150 g/mol. The third kappa shape index (κ3) is 1.13. The predicted molar refractivity (Wildman–Crippen MR) is 47.8 cm³/mol. The molecule has 0 aromatic heterocycles. The zero-order valence-electron chi connectivity index (χ0n) is 7.20. The quantitative estimate of drug-likeness (QED) is 0.662. The molecule has 0 radical (unpaired) electrons. The van der Waals surface area contributed by atoms with Gasteiger partial charge in [-0.15, -0.1) is 0 Å². The van der Waals surface area contributed by atoms with Crippen molar-refractivity contribution in [2.75, 3.05) is 20.1 Å². The topological polar surface area (TPSA) is 23.5 Å². The average Bonchev–Trinajstić information content (AvgIpc) is 2.04. The molecule has 0 saturated carbocycles. The first-order valence-electron chi connectivity index (χ1n) is 4.17. The van der Waals surface area contributed by atoms with Crippen LogP contribution in [0.2, 0.25) is 0 Å². The summed E-state index contributed by atoms with van der Waals surface area (Å²) in [6, 6.07) is 9.85. The van der Waals surface area contributed by atoms with E-state index in [2.05, 4.69) is 4.90 Å². The van der Waals surface area contributed by atoms with E-state index in [1.807, 2.05) is 37.4 Å². The lowest BCUT2D eigenvalue weighted by Gasteiger charge is -2.44. The van der Waals surface area contributed by atoms with Crippen LogP contribution in [-0.2, 0) is 5.60 Å². The Labute approximate surface area is 72.4 Å². The minimum atomic E-state index is -0.587. The maximum absolute atomic E-state index is 10.0. The fraction of sp³-hybridized carbons (Fsp3) is 0.400. The molecule has 1 aliphatic heterocycles. The summed E-state index contributed by atoms with van der Waals surface area (Å²) in [6.07, 6.45) is 0. The van der Waals surface area contributed by atoms with E-state index >= 15 is 0 Å². The second-order valence-electron chi connectivity index (χ2n) is 3.57. The van der Waals surface area contributed by atoms with Gasteiger partial charge in [0, 0.05) is 13.1 Å². The average molecular weight is 163 g/mol. The molecule has 1 fully saturated rings. The van der Waals surface area contributed by atoms with Crippen LogP contribution in [0.4, 0.5) is 0 Å². The van der Waals surface area contributed by atoms with Gasteiger partial charge in [0.05, 0.1) is 0 Å². The van der Waals surface area contributed by atoms with Crippen LogP contribution in [0.25, 0.3) is 0 Å². The van der Waals surface area contributed by atoms with E-state index in [1.165, 1.54) is 0 Å². The van der Waals surface area contributed by atoms with Crippen molar-refractivity contribution in [2.24, 2.45) is 0 Å². The number of β-amino-alcohol motifs (C(OH)–C–C–N with tert-alkyl or cyclic N) is 1. The lowest BCUT2D eigenvalue weighted by atomic mass is 9.87. The van der Waals surface area contributed by atoms with Gasteiger partial charge in [-0.2, -0.15) is 0 Å². The standard InChI is InChI=1S/C10H13NO/c1-11-7-10(12,8-11)9-5-3-2-4-6-9/h2-6,12H,7-8H2,1H3. The number of nitrogens with zero attached hydrogens (tertiary/aromatic N) is 1. The second-order valence-corrected chi connectivity index (χ2v) is 3.57. The smallest absolute Gasteiger partial charge is 0.115 e. The Morgan fingerprint density at radius 1 is 1.25 bits per heavy atom. The van der Waals surface area contributed by atoms with E-state index in [1.54, 1.807) is 0 Å². The van der Waals surface area contributed by atoms with Gasteiger partial charge >= 0.3 is 0 Å². The fourth-order valence-electron chi connectivity index (χ4n) is 1.78. The van der Waals surface area contributed by atoms with Crippen molar-refractivity contribution in [1.29, 1.82) is 0 Å². The summed E-state index contributed by atoms with van der Waals surface area (Å²) in [5.74, 6) is 0. The fourth-order valence-corrected chi connectivity index (χ4v) is 1.78. The Hall–Kier alpha value is -0.860. The molecule has 0 aliphatic carbocycles. The highest BCUT2D eigenvalue weighted by Crippen LogP contribution is 2.29. The maximum Gasteiger partial charge on any atom is 0.115 e. The van der Waals surface area contributed by atoms with Crippen LogP contribution in [-0.4, -0.2) is 30.1 Å². The van der Waals surface area contributed by atoms with Crippen LogP contribution in [0.5, 0.6) is 0 Å². The van der Waals surface area contributed by atoms with E-state index in [0.29, 0.717) is 0 Å². The maximum atomic E-state index is 10.0. The van der Waals surface area contributed by atoms with Crippen molar-refractivity contribution < 1.29 is 5.11 Å². The Kier molecular flexibility index (Phi) is 1.67. The number of hydrogen-bond acceptors (Lipinski definition) is 2. The van der Waals surface area contributed by atoms with Gasteiger partial charge in [-0.05, 0) is 12.6 Å². The van der Waals surface area contributed by atoms with Crippen molar-refractivity contribution >= 4 is 0 Å². The minimum Gasteiger partial charge on any atom is -0.382 e. The summed E-state index contributed by atoms with van der Waals surface area (Å²) in [4.78, 5) is 2.10. The van der Waals surface area contributed by atoms with Crippen LogP contribution in [0.1, 0.15) is 5.56 Å². The van der Waals surface area contributed by atoms with Crippen molar-refractivity contribution in [3.63, 3.8) is 0 Å². The molecule has 0 bridgehead atoms. The summed E-state index contributed by atoms with van der Waals surface area (Å²) in [7, 11) is 2.01.